The van der Waals surface area contributed by atoms with Gasteiger partial charge in [-0.25, -0.2) is 4.98 Å². The van der Waals surface area contributed by atoms with Crippen molar-refractivity contribution in [3.8, 4) is 0 Å². The number of carbonyl (C=O) groups is 2. The maximum Gasteiger partial charge on any atom is 0.255 e. The maximum atomic E-state index is 12.6. The Morgan fingerprint density at radius 3 is 2.36 bits per heavy atom. The van der Waals surface area contributed by atoms with Crippen molar-refractivity contribution in [3.05, 3.63) is 77.5 Å². The first-order valence-corrected chi connectivity index (χ1v) is 8.90. The van der Waals surface area contributed by atoms with E-state index in [0.29, 0.717) is 22.8 Å². The molecule has 0 saturated carbocycles. The van der Waals surface area contributed by atoms with Crippen LogP contribution in [0.15, 0.2) is 60.8 Å². The van der Waals surface area contributed by atoms with E-state index in [1.165, 1.54) is 12.5 Å². The Kier molecular flexibility index (Phi) is 5.69. The fraction of sp³-hybridized carbons (Fsp3) is 0.136. The second kappa shape index (κ2) is 8.35. The van der Waals surface area contributed by atoms with E-state index >= 15 is 0 Å². The third-order valence-electron chi connectivity index (χ3n) is 4.11. The molecule has 3 N–H and O–H groups in total. The van der Waals surface area contributed by atoms with Crippen LogP contribution in [0.5, 0.6) is 0 Å². The van der Waals surface area contributed by atoms with Gasteiger partial charge in [0.2, 0.25) is 5.91 Å². The topological polar surface area (TPSA) is 83.1 Å². The molecule has 28 heavy (non-hydrogen) atoms. The second-order valence-corrected chi connectivity index (χ2v) is 6.59. The van der Waals surface area contributed by atoms with Gasteiger partial charge in [-0.2, -0.15) is 0 Å². The Bertz CT molecular complexity index is 1030. The summed E-state index contributed by atoms with van der Waals surface area (Å²) in [6, 6.07) is 16.4. The zero-order valence-corrected chi connectivity index (χ0v) is 16.0. The number of rotatable bonds is 5. The van der Waals surface area contributed by atoms with Crippen LogP contribution < -0.4 is 16.0 Å². The van der Waals surface area contributed by atoms with Gasteiger partial charge in [0, 0.05) is 35.7 Å². The largest absolute Gasteiger partial charge is 0.340 e. The van der Waals surface area contributed by atoms with Gasteiger partial charge in [-0.15, -0.1) is 0 Å². The molecule has 2 aromatic carbocycles. The SMILES string of the molecule is CC(=O)Nc1cccc(NC(=O)c2ccnc(Nc3ccc(C)cc3C)c2)c1. The van der Waals surface area contributed by atoms with Crippen molar-refractivity contribution >= 4 is 34.7 Å². The molecule has 0 unspecified atom stereocenters. The average Bonchev–Trinajstić information content (AvgIpc) is 2.64. The molecule has 0 spiro atoms. The molecule has 0 bridgehead atoms. The highest BCUT2D eigenvalue weighted by molar-refractivity contribution is 6.05. The first-order valence-electron chi connectivity index (χ1n) is 8.90. The van der Waals surface area contributed by atoms with Crippen LogP contribution in [-0.4, -0.2) is 16.8 Å². The third-order valence-corrected chi connectivity index (χ3v) is 4.11. The van der Waals surface area contributed by atoms with E-state index in [1.807, 2.05) is 26.0 Å². The van der Waals surface area contributed by atoms with Gasteiger partial charge in [-0.05, 0) is 55.8 Å². The molecule has 1 heterocycles. The molecule has 0 aliphatic rings. The summed E-state index contributed by atoms with van der Waals surface area (Å²) in [6.45, 7) is 5.50. The van der Waals surface area contributed by atoms with Gasteiger partial charge < -0.3 is 16.0 Å². The normalized spacial score (nSPS) is 10.2. The van der Waals surface area contributed by atoms with Crippen LogP contribution >= 0.6 is 0 Å². The van der Waals surface area contributed by atoms with Crippen LogP contribution in [0.25, 0.3) is 0 Å². The molecule has 0 atom stereocenters. The number of nitrogens with zero attached hydrogens (tertiary/aromatic N) is 1. The standard InChI is InChI=1S/C22H22N4O2/c1-14-7-8-20(15(2)11-14)26-21-12-17(9-10-23-21)22(28)25-19-6-4-5-18(13-19)24-16(3)27/h4-13H,1-3H3,(H,23,26)(H,24,27)(H,25,28). The molecule has 1 aromatic heterocycles. The number of amides is 2. The monoisotopic (exact) mass is 374 g/mol. The highest BCUT2D eigenvalue weighted by Crippen LogP contribution is 2.21. The van der Waals surface area contributed by atoms with Crippen molar-refractivity contribution in [1.82, 2.24) is 4.98 Å². The summed E-state index contributed by atoms with van der Waals surface area (Å²) in [6.07, 6.45) is 1.59. The van der Waals surface area contributed by atoms with E-state index < -0.39 is 0 Å². The van der Waals surface area contributed by atoms with E-state index in [0.717, 1.165) is 11.3 Å². The van der Waals surface area contributed by atoms with Gasteiger partial charge >= 0.3 is 0 Å². The lowest BCUT2D eigenvalue weighted by atomic mass is 10.1. The van der Waals surface area contributed by atoms with Crippen molar-refractivity contribution in [2.45, 2.75) is 20.8 Å². The summed E-state index contributed by atoms with van der Waals surface area (Å²) >= 11 is 0. The Morgan fingerprint density at radius 1 is 0.893 bits per heavy atom. The van der Waals surface area contributed by atoms with Crippen LogP contribution in [0.1, 0.15) is 28.4 Å². The molecular formula is C22H22N4O2. The summed E-state index contributed by atoms with van der Waals surface area (Å²) in [4.78, 5) is 28.1. The van der Waals surface area contributed by atoms with Crippen LogP contribution in [0, 0.1) is 13.8 Å². The van der Waals surface area contributed by atoms with Gasteiger partial charge in [-0.1, -0.05) is 23.8 Å². The van der Waals surface area contributed by atoms with E-state index in [2.05, 4.69) is 27.0 Å². The molecule has 0 aliphatic carbocycles. The number of benzene rings is 2. The maximum absolute atomic E-state index is 12.6. The zero-order valence-electron chi connectivity index (χ0n) is 16.0. The molecule has 142 valence electrons. The van der Waals surface area contributed by atoms with Gasteiger partial charge in [-0.3, -0.25) is 9.59 Å². The van der Waals surface area contributed by atoms with Crippen LogP contribution in [-0.2, 0) is 4.79 Å². The van der Waals surface area contributed by atoms with Crippen molar-refractivity contribution in [2.75, 3.05) is 16.0 Å². The number of nitrogens with one attached hydrogen (secondary N) is 3. The quantitative estimate of drug-likeness (QED) is 0.607. The van der Waals surface area contributed by atoms with Crippen molar-refractivity contribution < 1.29 is 9.59 Å². The molecule has 0 fully saturated rings. The summed E-state index contributed by atoms with van der Waals surface area (Å²) < 4.78 is 0. The number of anilines is 4. The molecule has 0 saturated heterocycles. The van der Waals surface area contributed by atoms with Gasteiger partial charge in [0.25, 0.3) is 5.91 Å². The minimum Gasteiger partial charge on any atom is -0.340 e. The zero-order chi connectivity index (χ0) is 20.1. The summed E-state index contributed by atoms with van der Waals surface area (Å²) in [5.74, 6) is 0.164. The average molecular weight is 374 g/mol. The van der Waals surface area contributed by atoms with Crippen molar-refractivity contribution in [3.63, 3.8) is 0 Å². The lowest BCUT2D eigenvalue weighted by molar-refractivity contribution is -0.114. The first kappa shape index (κ1) is 19.1. The second-order valence-electron chi connectivity index (χ2n) is 6.59. The molecule has 6 heteroatoms. The van der Waals surface area contributed by atoms with E-state index in [9.17, 15) is 9.59 Å². The van der Waals surface area contributed by atoms with E-state index in [-0.39, 0.29) is 11.8 Å². The minimum absolute atomic E-state index is 0.167. The number of hydrogen-bond donors (Lipinski definition) is 3. The Labute approximate surface area is 164 Å². The lowest BCUT2D eigenvalue weighted by Crippen LogP contribution is -2.13. The highest BCUT2D eigenvalue weighted by atomic mass is 16.2. The number of hydrogen-bond acceptors (Lipinski definition) is 4. The fourth-order valence-corrected chi connectivity index (χ4v) is 2.81. The predicted octanol–water partition coefficient (Wildman–Crippen LogP) is 4.65. The predicted molar refractivity (Wildman–Crippen MR) is 112 cm³/mol. The van der Waals surface area contributed by atoms with Crippen molar-refractivity contribution in [1.29, 1.82) is 0 Å². The van der Waals surface area contributed by atoms with Gasteiger partial charge in [0.15, 0.2) is 0 Å². The number of aryl methyl sites for hydroxylation is 2. The fourth-order valence-electron chi connectivity index (χ4n) is 2.81. The summed E-state index contributed by atoms with van der Waals surface area (Å²) in [5, 5.41) is 8.78. The molecule has 6 nitrogen and oxygen atoms in total. The van der Waals surface area contributed by atoms with Crippen LogP contribution in [0.3, 0.4) is 0 Å². The van der Waals surface area contributed by atoms with E-state index in [1.54, 1.807) is 42.6 Å². The Balaban J connectivity index is 1.74. The van der Waals surface area contributed by atoms with Gasteiger partial charge in [0.1, 0.15) is 5.82 Å². The van der Waals surface area contributed by atoms with Crippen LogP contribution in [0.2, 0.25) is 0 Å². The van der Waals surface area contributed by atoms with Crippen molar-refractivity contribution in [2.24, 2.45) is 0 Å². The summed E-state index contributed by atoms with van der Waals surface area (Å²) in [7, 11) is 0. The third kappa shape index (κ3) is 4.94. The lowest BCUT2D eigenvalue weighted by Gasteiger charge is -2.11. The van der Waals surface area contributed by atoms with Crippen LogP contribution in [0.4, 0.5) is 22.9 Å². The number of carbonyl (C=O) groups excluding carboxylic acids is 2. The Morgan fingerprint density at radius 2 is 1.64 bits per heavy atom. The Hall–Kier alpha value is -3.67. The first-order chi connectivity index (χ1) is 13.4. The molecule has 0 aliphatic heterocycles. The molecule has 2 amide bonds. The molecule has 3 rings (SSSR count). The molecule has 3 aromatic rings. The number of pyridine rings is 1. The van der Waals surface area contributed by atoms with Gasteiger partial charge in [0.05, 0.1) is 0 Å². The summed E-state index contributed by atoms with van der Waals surface area (Å²) in [5.41, 5.74) is 4.93. The van der Waals surface area contributed by atoms with E-state index in [4.69, 9.17) is 0 Å². The molecule has 0 radical (unpaired) electrons. The smallest absolute Gasteiger partial charge is 0.255 e. The highest BCUT2D eigenvalue weighted by Gasteiger charge is 2.09. The number of aromatic nitrogens is 1. The molecular weight excluding hydrogens is 352 g/mol. The minimum atomic E-state index is -0.258.